The third-order valence-corrected chi connectivity index (χ3v) is 12.3. The molecule has 2 heterocycles. The second-order valence-corrected chi connectivity index (χ2v) is 16.0. The van der Waals surface area contributed by atoms with E-state index in [4.69, 9.17) is 15.0 Å². The number of rotatable bonds is 9. The molecule has 0 aliphatic rings. The van der Waals surface area contributed by atoms with Gasteiger partial charge in [0.1, 0.15) is 0 Å². The van der Waals surface area contributed by atoms with Crippen molar-refractivity contribution in [1.29, 1.82) is 0 Å². The highest BCUT2D eigenvalue weighted by molar-refractivity contribution is 6.10. The fourth-order valence-corrected chi connectivity index (χ4v) is 9.44. The van der Waals surface area contributed by atoms with E-state index in [-0.39, 0.29) is 0 Å². The van der Waals surface area contributed by atoms with Gasteiger partial charge in [0.05, 0.1) is 22.1 Å². The van der Waals surface area contributed by atoms with Crippen LogP contribution in [0.2, 0.25) is 0 Å². The molecule has 0 N–H and O–H groups in total. The molecule has 2 aromatic heterocycles. The van der Waals surface area contributed by atoms with Gasteiger partial charge < -0.3 is 4.57 Å². The van der Waals surface area contributed by atoms with Gasteiger partial charge in [0.25, 0.3) is 0 Å². The van der Waals surface area contributed by atoms with Crippen molar-refractivity contribution in [2.75, 3.05) is 0 Å². The lowest BCUT2D eigenvalue weighted by Gasteiger charge is -2.38. The van der Waals surface area contributed by atoms with Crippen LogP contribution in [0.15, 0.2) is 237 Å². The van der Waals surface area contributed by atoms with Gasteiger partial charge in [0, 0.05) is 33.0 Å². The standard InChI is InChI=1S/C59H42N4/c1-41-35-38-54-51(39-41)49-32-18-20-34-53(49)63(54)55-40-44(58-61-56(42-21-7-2-8-22-42)60-57(62-58)43-23-9-3-10-24-43)36-37-50(55)48-31-17-19-33-52(48)59(45-25-11-4-12-26-45,46-27-13-5-14-28-46)47-29-15-6-16-30-47/h2-40H,1H3. The van der Waals surface area contributed by atoms with Crippen molar-refractivity contribution in [3.05, 3.63) is 264 Å². The molecule has 63 heavy (non-hydrogen) atoms. The van der Waals surface area contributed by atoms with Crippen molar-refractivity contribution in [3.63, 3.8) is 0 Å². The fourth-order valence-electron chi connectivity index (χ4n) is 9.44. The Kier molecular flexibility index (Phi) is 9.59. The summed E-state index contributed by atoms with van der Waals surface area (Å²) in [6.45, 7) is 2.17. The molecule has 0 bridgehead atoms. The average Bonchev–Trinajstić information content (AvgIpc) is 3.69. The number of para-hydroxylation sites is 1. The van der Waals surface area contributed by atoms with E-state index in [9.17, 15) is 0 Å². The number of hydrogen-bond donors (Lipinski definition) is 0. The lowest BCUT2D eigenvalue weighted by Crippen LogP contribution is -2.31. The van der Waals surface area contributed by atoms with Crippen LogP contribution < -0.4 is 0 Å². The molecule has 0 unspecified atom stereocenters. The highest BCUT2D eigenvalue weighted by Gasteiger charge is 2.40. The maximum atomic E-state index is 5.20. The second-order valence-electron chi connectivity index (χ2n) is 16.0. The number of hydrogen-bond acceptors (Lipinski definition) is 3. The van der Waals surface area contributed by atoms with E-state index >= 15 is 0 Å². The minimum absolute atomic E-state index is 0.604. The summed E-state index contributed by atoms with van der Waals surface area (Å²) >= 11 is 0. The van der Waals surface area contributed by atoms with E-state index in [1.54, 1.807) is 0 Å². The summed E-state index contributed by atoms with van der Waals surface area (Å²) < 4.78 is 2.44. The molecule has 298 valence electrons. The smallest absolute Gasteiger partial charge is 0.164 e. The van der Waals surface area contributed by atoms with Crippen LogP contribution in [0.3, 0.4) is 0 Å². The summed E-state index contributed by atoms with van der Waals surface area (Å²) in [5.74, 6) is 1.86. The molecule has 4 nitrogen and oxygen atoms in total. The van der Waals surface area contributed by atoms with E-state index in [0.717, 1.165) is 44.5 Å². The third kappa shape index (κ3) is 6.61. The molecule has 0 saturated carbocycles. The first-order chi connectivity index (χ1) is 31.2. The minimum Gasteiger partial charge on any atom is -0.309 e. The fraction of sp³-hybridized carbons (Fsp3) is 0.0339. The van der Waals surface area contributed by atoms with Gasteiger partial charge in [-0.3, -0.25) is 0 Å². The molecule has 0 aliphatic carbocycles. The molecule has 0 radical (unpaired) electrons. The predicted octanol–water partition coefficient (Wildman–Crippen LogP) is 14.3. The highest BCUT2D eigenvalue weighted by Crippen LogP contribution is 2.50. The molecule has 11 aromatic rings. The van der Waals surface area contributed by atoms with Crippen LogP contribution in [0, 0.1) is 6.92 Å². The Labute approximate surface area is 367 Å². The van der Waals surface area contributed by atoms with Gasteiger partial charge in [-0.2, -0.15) is 0 Å². The third-order valence-electron chi connectivity index (χ3n) is 12.3. The Morgan fingerprint density at radius 2 is 0.810 bits per heavy atom. The first kappa shape index (κ1) is 37.8. The highest BCUT2D eigenvalue weighted by atomic mass is 15.0. The Morgan fingerprint density at radius 1 is 0.349 bits per heavy atom. The zero-order chi connectivity index (χ0) is 42.2. The van der Waals surface area contributed by atoms with Crippen LogP contribution in [-0.4, -0.2) is 19.5 Å². The van der Waals surface area contributed by atoms with E-state index in [1.165, 1.54) is 38.6 Å². The van der Waals surface area contributed by atoms with Crippen LogP contribution in [0.4, 0.5) is 0 Å². The maximum Gasteiger partial charge on any atom is 0.164 e. The normalized spacial score (nSPS) is 11.6. The number of aromatic nitrogens is 4. The van der Waals surface area contributed by atoms with Crippen LogP contribution in [0.1, 0.15) is 27.8 Å². The summed E-state index contributed by atoms with van der Waals surface area (Å²) in [5.41, 5.74) is 13.5. The quantitative estimate of drug-likeness (QED) is 0.136. The van der Waals surface area contributed by atoms with Crippen molar-refractivity contribution >= 4 is 21.8 Å². The topological polar surface area (TPSA) is 43.6 Å². The molecule has 9 aromatic carbocycles. The minimum atomic E-state index is -0.669. The monoisotopic (exact) mass is 806 g/mol. The summed E-state index contributed by atoms with van der Waals surface area (Å²) in [6, 6.07) is 84.4. The predicted molar refractivity (Wildman–Crippen MR) is 259 cm³/mol. The molecule has 0 aliphatic heterocycles. The zero-order valence-corrected chi connectivity index (χ0v) is 34.8. The van der Waals surface area contributed by atoms with Gasteiger partial charge in [-0.05, 0) is 59.0 Å². The maximum absolute atomic E-state index is 5.20. The molecular formula is C59H42N4. The lowest BCUT2D eigenvalue weighted by atomic mass is 9.63. The molecular weight excluding hydrogens is 765 g/mol. The van der Waals surface area contributed by atoms with Gasteiger partial charge in [0.15, 0.2) is 17.5 Å². The van der Waals surface area contributed by atoms with E-state index in [0.29, 0.717) is 17.5 Å². The summed E-state index contributed by atoms with van der Waals surface area (Å²) in [4.78, 5) is 15.4. The van der Waals surface area contributed by atoms with Crippen molar-refractivity contribution in [2.45, 2.75) is 12.3 Å². The summed E-state index contributed by atoms with van der Waals surface area (Å²) in [5, 5.41) is 2.41. The SMILES string of the molecule is Cc1ccc2c(c1)c1ccccc1n2-c1cc(-c2nc(-c3ccccc3)nc(-c3ccccc3)n2)ccc1-c1ccccc1C(c1ccccc1)(c1ccccc1)c1ccccc1. The van der Waals surface area contributed by atoms with Gasteiger partial charge in [-0.25, -0.2) is 15.0 Å². The van der Waals surface area contributed by atoms with Crippen LogP contribution in [-0.2, 0) is 5.41 Å². The Balaban J connectivity index is 1.24. The first-order valence-corrected chi connectivity index (χ1v) is 21.4. The van der Waals surface area contributed by atoms with Crippen LogP contribution in [0.25, 0.3) is 72.8 Å². The lowest BCUT2D eigenvalue weighted by molar-refractivity contribution is 0.747. The second kappa shape index (κ2) is 16.0. The van der Waals surface area contributed by atoms with E-state index in [1.807, 2.05) is 36.4 Å². The van der Waals surface area contributed by atoms with Crippen LogP contribution >= 0.6 is 0 Å². The van der Waals surface area contributed by atoms with E-state index < -0.39 is 5.41 Å². The number of fused-ring (bicyclic) bond motifs is 3. The Morgan fingerprint density at radius 3 is 1.38 bits per heavy atom. The zero-order valence-electron chi connectivity index (χ0n) is 34.8. The molecule has 4 heteroatoms. The summed E-state index contributed by atoms with van der Waals surface area (Å²) in [7, 11) is 0. The number of aryl methyl sites for hydroxylation is 1. The molecule has 0 amide bonds. The molecule has 11 rings (SSSR count). The Bertz CT molecular complexity index is 3230. The molecule has 0 spiro atoms. The average molecular weight is 807 g/mol. The van der Waals surface area contributed by atoms with Crippen LogP contribution in [0.5, 0.6) is 0 Å². The van der Waals surface area contributed by atoms with Crippen molar-refractivity contribution in [3.8, 4) is 51.0 Å². The van der Waals surface area contributed by atoms with Crippen molar-refractivity contribution < 1.29 is 0 Å². The Hall–Kier alpha value is -8.21. The van der Waals surface area contributed by atoms with Gasteiger partial charge in [0.2, 0.25) is 0 Å². The van der Waals surface area contributed by atoms with E-state index in [2.05, 4.69) is 212 Å². The number of nitrogens with zero attached hydrogens (tertiary/aromatic N) is 4. The molecule has 0 fully saturated rings. The van der Waals surface area contributed by atoms with Gasteiger partial charge >= 0.3 is 0 Å². The molecule has 0 saturated heterocycles. The largest absolute Gasteiger partial charge is 0.309 e. The van der Waals surface area contributed by atoms with Crippen molar-refractivity contribution in [2.24, 2.45) is 0 Å². The first-order valence-electron chi connectivity index (χ1n) is 21.4. The molecule has 0 atom stereocenters. The summed E-state index contributed by atoms with van der Waals surface area (Å²) in [6.07, 6.45) is 0. The number of benzene rings is 9. The van der Waals surface area contributed by atoms with Gasteiger partial charge in [-0.1, -0.05) is 218 Å². The van der Waals surface area contributed by atoms with Gasteiger partial charge in [-0.15, -0.1) is 0 Å². The van der Waals surface area contributed by atoms with Crippen molar-refractivity contribution in [1.82, 2.24) is 19.5 Å².